The summed E-state index contributed by atoms with van der Waals surface area (Å²) >= 11 is 7.52. The lowest BCUT2D eigenvalue weighted by Crippen LogP contribution is -1.99. The zero-order valence-corrected chi connectivity index (χ0v) is 17.5. The highest BCUT2D eigenvalue weighted by molar-refractivity contribution is 7.16. The van der Waals surface area contributed by atoms with Crippen molar-refractivity contribution in [2.75, 3.05) is 21.3 Å². The van der Waals surface area contributed by atoms with Gasteiger partial charge in [0.25, 0.3) is 0 Å². The lowest BCUT2D eigenvalue weighted by Gasteiger charge is -2.13. The van der Waals surface area contributed by atoms with Crippen molar-refractivity contribution >= 4 is 27.9 Å². The maximum absolute atomic E-state index is 6.13. The van der Waals surface area contributed by atoms with Gasteiger partial charge in [-0.05, 0) is 24.3 Å². The van der Waals surface area contributed by atoms with Gasteiger partial charge in [-0.3, -0.25) is 0 Å². The van der Waals surface area contributed by atoms with Gasteiger partial charge >= 0.3 is 0 Å². The maximum Gasteiger partial charge on any atom is 0.235 e. The fraction of sp³-hybridized carbons (Fsp3) is 0.211. The molecule has 2 aromatic carbocycles. The molecule has 0 fully saturated rings. The third-order valence-electron chi connectivity index (χ3n) is 4.14. The van der Waals surface area contributed by atoms with Crippen molar-refractivity contribution in [3.05, 3.63) is 46.4 Å². The molecule has 0 saturated heterocycles. The quantitative estimate of drug-likeness (QED) is 0.434. The average Bonchev–Trinajstić information content (AvgIpc) is 3.32. The number of aromatic nitrogens is 4. The molecule has 4 rings (SSSR count). The summed E-state index contributed by atoms with van der Waals surface area (Å²) in [5, 5.41) is 14.3. The summed E-state index contributed by atoms with van der Waals surface area (Å²) in [5.41, 5.74) is 0.732. The molecule has 8 nitrogen and oxygen atoms in total. The number of ether oxygens (including phenoxy) is 4. The van der Waals surface area contributed by atoms with Crippen LogP contribution in [0.25, 0.3) is 16.3 Å². The number of halogens is 1. The van der Waals surface area contributed by atoms with Gasteiger partial charge in [-0.2, -0.15) is 9.61 Å². The molecule has 0 bridgehead atoms. The van der Waals surface area contributed by atoms with E-state index in [4.69, 9.17) is 30.5 Å². The standard InChI is InChI=1S/C19H17ClN4O4S/c1-25-14-8-11(9-15(26-2)17(14)27-3)18-21-22-19-24(18)23-16(29-19)10-28-13-7-5-4-6-12(13)20/h4-9H,10H2,1-3H3. The number of fused-ring (bicyclic) bond motifs is 1. The fourth-order valence-electron chi connectivity index (χ4n) is 2.81. The highest BCUT2D eigenvalue weighted by Gasteiger charge is 2.19. The Hall–Kier alpha value is -3.04. The monoisotopic (exact) mass is 432 g/mol. The molecular formula is C19H17ClN4O4S. The molecule has 4 aromatic rings. The summed E-state index contributed by atoms with van der Waals surface area (Å²) in [4.78, 5) is 0.645. The molecule has 0 aliphatic heterocycles. The Bertz CT molecular complexity index is 1140. The van der Waals surface area contributed by atoms with Gasteiger partial charge in [0.1, 0.15) is 12.4 Å². The minimum absolute atomic E-state index is 0.270. The number of nitrogens with zero attached hydrogens (tertiary/aromatic N) is 4. The highest BCUT2D eigenvalue weighted by atomic mass is 35.5. The average molecular weight is 433 g/mol. The van der Waals surface area contributed by atoms with Crippen LogP contribution >= 0.6 is 22.9 Å². The van der Waals surface area contributed by atoms with Crippen LogP contribution in [-0.4, -0.2) is 41.1 Å². The molecular weight excluding hydrogens is 416 g/mol. The normalized spacial score (nSPS) is 10.9. The van der Waals surface area contributed by atoms with Crippen LogP contribution in [-0.2, 0) is 6.61 Å². The van der Waals surface area contributed by atoms with E-state index < -0.39 is 0 Å². The maximum atomic E-state index is 6.13. The molecule has 2 heterocycles. The summed E-state index contributed by atoms with van der Waals surface area (Å²) < 4.78 is 23.6. The van der Waals surface area contributed by atoms with E-state index in [0.29, 0.717) is 38.8 Å². The largest absolute Gasteiger partial charge is 0.493 e. The second-order valence-corrected chi connectivity index (χ2v) is 7.29. The van der Waals surface area contributed by atoms with E-state index in [-0.39, 0.29) is 6.61 Å². The van der Waals surface area contributed by atoms with Gasteiger partial charge in [-0.1, -0.05) is 35.1 Å². The first-order valence-electron chi connectivity index (χ1n) is 8.53. The molecule has 0 saturated carbocycles. The Morgan fingerprint density at radius 1 is 0.966 bits per heavy atom. The predicted octanol–water partition coefficient (Wildman–Crippen LogP) is 4.11. The van der Waals surface area contributed by atoms with E-state index in [1.54, 1.807) is 44.0 Å². The zero-order valence-electron chi connectivity index (χ0n) is 15.9. The van der Waals surface area contributed by atoms with Crippen molar-refractivity contribution in [1.82, 2.24) is 19.8 Å². The van der Waals surface area contributed by atoms with Gasteiger partial charge in [0.15, 0.2) is 22.3 Å². The van der Waals surface area contributed by atoms with Crippen LogP contribution in [0.5, 0.6) is 23.0 Å². The van der Waals surface area contributed by atoms with Gasteiger partial charge in [0, 0.05) is 5.56 Å². The molecule has 10 heteroatoms. The molecule has 29 heavy (non-hydrogen) atoms. The first kappa shape index (κ1) is 19.3. The summed E-state index contributed by atoms with van der Waals surface area (Å²) in [5.74, 6) is 2.71. The lowest BCUT2D eigenvalue weighted by atomic mass is 10.1. The third-order valence-corrected chi connectivity index (χ3v) is 5.33. The minimum Gasteiger partial charge on any atom is -0.493 e. The topological polar surface area (TPSA) is 80.0 Å². The number of hydrogen-bond acceptors (Lipinski definition) is 8. The first-order valence-corrected chi connectivity index (χ1v) is 9.73. The van der Waals surface area contributed by atoms with Crippen LogP contribution in [0.4, 0.5) is 0 Å². The summed E-state index contributed by atoms with van der Waals surface area (Å²) in [6, 6.07) is 10.9. The van der Waals surface area contributed by atoms with Gasteiger partial charge in [0.2, 0.25) is 10.7 Å². The van der Waals surface area contributed by atoms with Crippen molar-refractivity contribution in [3.8, 4) is 34.4 Å². The number of methoxy groups -OCH3 is 3. The molecule has 0 unspecified atom stereocenters. The third kappa shape index (κ3) is 3.66. The number of benzene rings is 2. The fourth-order valence-corrected chi connectivity index (χ4v) is 3.74. The lowest BCUT2D eigenvalue weighted by molar-refractivity contribution is 0.304. The highest BCUT2D eigenvalue weighted by Crippen LogP contribution is 2.41. The predicted molar refractivity (Wildman–Crippen MR) is 110 cm³/mol. The molecule has 0 aliphatic rings. The van der Waals surface area contributed by atoms with Crippen molar-refractivity contribution in [2.45, 2.75) is 6.61 Å². The van der Waals surface area contributed by atoms with Gasteiger partial charge < -0.3 is 18.9 Å². The van der Waals surface area contributed by atoms with E-state index in [1.165, 1.54) is 11.3 Å². The van der Waals surface area contributed by atoms with Crippen LogP contribution < -0.4 is 18.9 Å². The van der Waals surface area contributed by atoms with E-state index in [1.807, 2.05) is 18.2 Å². The Kier molecular flexibility index (Phi) is 5.41. The van der Waals surface area contributed by atoms with Crippen LogP contribution in [0.1, 0.15) is 5.01 Å². The van der Waals surface area contributed by atoms with Crippen LogP contribution in [0.15, 0.2) is 36.4 Å². The molecule has 0 atom stereocenters. The van der Waals surface area contributed by atoms with Crippen molar-refractivity contribution in [1.29, 1.82) is 0 Å². The van der Waals surface area contributed by atoms with E-state index >= 15 is 0 Å². The minimum atomic E-state index is 0.270. The summed E-state index contributed by atoms with van der Waals surface area (Å²) in [6.07, 6.45) is 0. The van der Waals surface area contributed by atoms with Crippen molar-refractivity contribution in [2.24, 2.45) is 0 Å². The Labute approximate surface area is 175 Å². The van der Waals surface area contributed by atoms with Gasteiger partial charge in [-0.15, -0.1) is 10.2 Å². The second kappa shape index (κ2) is 8.14. The molecule has 0 radical (unpaired) electrons. The SMILES string of the molecule is COc1cc(-c2nnc3sc(COc4ccccc4Cl)nn23)cc(OC)c1OC. The second-order valence-electron chi connectivity index (χ2n) is 5.85. The smallest absolute Gasteiger partial charge is 0.235 e. The van der Waals surface area contributed by atoms with Crippen molar-refractivity contribution < 1.29 is 18.9 Å². The Morgan fingerprint density at radius 3 is 2.34 bits per heavy atom. The Balaban J connectivity index is 1.67. The van der Waals surface area contributed by atoms with Gasteiger partial charge in [-0.25, -0.2) is 0 Å². The molecule has 0 N–H and O–H groups in total. The first-order chi connectivity index (χ1) is 14.1. The van der Waals surface area contributed by atoms with Crippen LogP contribution in [0, 0.1) is 0 Å². The Morgan fingerprint density at radius 2 is 1.69 bits per heavy atom. The molecule has 0 aliphatic carbocycles. The molecule has 0 spiro atoms. The molecule has 0 amide bonds. The summed E-state index contributed by atoms with van der Waals surface area (Å²) in [7, 11) is 4.68. The number of para-hydroxylation sites is 1. The summed E-state index contributed by atoms with van der Waals surface area (Å²) in [6.45, 7) is 0.270. The van der Waals surface area contributed by atoms with E-state index in [0.717, 1.165) is 10.6 Å². The van der Waals surface area contributed by atoms with E-state index in [2.05, 4.69) is 15.3 Å². The van der Waals surface area contributed by atoms with Crippen LogP contribution in [0.3, 0.4) is 0 Å². The molecule has 2 aromatic heterocycles. The zero-order chi connectivity index (χ0) is 20.4. The van der Waals surface area contributed by atoms with Crippen molar-refractivity contribution in [3.63, 3.8) is 0 Å². The van der Waals surface area contributed by atoms with Gasteiger partial charge in [0.05, 0.1) is 26.4 Å². The van der Waals surface area contributed by atoms with E-state index in [9.17, 15) is 0 Å². The number of rotatable bonds is 7. The number of hydrogen-bond donors (Lipinski definition) is 0. The molecule has 150 valence electrons. The van der Waals surface area contributed by atoms with Crippen LogP contribution in [0.2, 0.25) is 5.02 Å².